The van der Waals surface area contributed by atoms with Crippen molar-refractivity contribution in [3.63, 3.8) is 0 Å². The van der Waals surface area contributed by atoms with Crippen molar-refractivity contribution in [3.05, 3.63) is 35.9 Å². The zero-order valence-electron chi connectivity index (χ0n) is 37.6. The number of benzene rings is 1. The van der Waals surface area contributed by atoms with Crippen LogP contribution in [0.5, 0.6) is 0 Å². The average molecular weight is 956 g/mol. The molecule has 366 valence electrons. The maximum atomic E-state index is 13.8. The lowest BCUT2D eigenvalue weighted by Gasteiger charge is -2.27. The van der Waals surface area contributed by atoms with E-state index in [-0.39, 0.29) is 62.2 Å². The second-order valence-electron chi connectivity index (χ2n) is 16.1. The monoisotopic (exact) mass is 955 g/mol. The summed E-state index contributed by atoms with van der Waals surface area (Å²) in [5.74, 6) is -7.43. The number of carbonyl (C=O) groups is 8. The number of aliphatic hydroxyl groups is 2. The number of carboxylic acid groups (broad SMARTS) is 1. The van der Waals surface area contributed by atoms with Crippen LogP contribution in [-0.4, -0.2) is 154 Å². The number of hydrogen-bond acceptors (Lipinski definition) is 14. The summed E-state index contributed by atoms with van der Waals surface area (Å²) in [6.45, 7) is 5.14. The summed E-state index contributed by atoms with van der Waals surface area (Å²) in [6.07, 6.45) is 2.36. The highest BCUT2D eigenvalue weighted by Gasteiger charge is 2.34. The number of nitrogens with one attached hydrogen (secondary N) is 7. The molecule has 0 unspecified atom stereocenters. The zero-order valence-corrected chi connectivity index (χ0v) is 39.3. The number of aliphatic hydroxyl groups excluding tert-OH is 2. The molecule has 0 spiro atoms. The molecule has 65 heavy (non-hydrogen) atoms. The van der Waals surface area contributed by atoms with Crippen molar-refractivity contribution in [2.45, 2.75) is 115 Å². The van der Waals surface area contributed by atoms with Gasteiger partial charge in [0.05, 0.1) is 19.3 Å². The number of nitrogens with two attached hydrogens (primary N) is 3. The van der Waals surface area contributed by atoms with Crippen molar-refractivity contribution >= 4 is 77.7 Å². The molecule has 0 aliphatic rings. The van der Waals surface area contributed by atoms with Gasteiger partial charge in [-0.05, 0) is 61.5 Å². The Bertz CT molecular complexity index is 1740. The van der Waals surface area contributed by atoms with Crippen molar-refractivity contribution in [1.29, 1.82) is 0 Å². The quantitative estimate of drug-likeness (QED) is 0.0151. The number of carboxylic acids is 1. The van der Waals surface area contributed by atoms with Gasteiger partial charge in [-0.1, -0.05) is 58.0 Å². The molecule has 8 atom stereocenters. The van der Waals surface area contributed by atoms with Crippen LogP contribution in [-0.2, 0) is 44.8 Å². The molecular formula is C41H69N11O11S2. The first-order valence-corrected chi connectivity index (χ1v) is 23.2. The minimum Gasteiger partial charge on any atom is -0.480 e. The van der Waals surface area contributed by atoms with Crippen LogP contribution in [0.1, 0.15) is 65.4 Å². The molecule has 0 radical (unpaired) electrons. The van der Waals surface area contributed by atoms with Gasteiger partial charge in [0, 0.05) is 18.7 Å². The molecule has 0 aliphatic carbocycles. The lowest BCUT2D eigenvalue weighted by atomic mass is 10.0. The number of thiol groups is 1. The Kier molecular flexibility index (Phi) is 27.5. The van der Waals surface area contributed by atoms with Gasteiger partial charge in [0.25, 0.3) is 0 Å². The summed E-state index contributed by atoms with van der Waals surface area (Å²) < 4.78 is 0. The fourth-order valence-electron chi connectivity index (χ4n) is 6.10. The number of hydrogen-bond donors (Lipinski definition) is 14. The number of aliphatic imine (C=N–C) groups is 1. The minimum atomic E-state index is -1.74. The average Bonchev–Trinajstić information content (AvgIpc) is 3.25. The minimum absolute atomic E-state index is 0.0353. The Balaban J connectivity index is 3.22. The first-order valence-electron chi connectivity index (χ1n) is 21.2. The van der Waals surface area contributed by atoms with E-state index < -0.39 is 109 Å². The number of amides is 7. The molecule has 24 heteroatoms. The van der Waals surface area contributed by atoms with E-state index >= 15 is 0 Å². The number of aliphatic carboxylic acids is 1. The normalized spacial score (nSPS) is 14.8. The Hall–Kier alpha value is -5.17. The second-order valence-corrected chi connectivity index (χ2v) is 17.5. The first-order chi connectivity index (χ1) is 30.7. The SMILES string of the molecule is CSCC[C@H](N)C(=O)N[C@@H](CS)C(=O)N[C@@H](CC(C)C)C(=O)N[C@@H](CCCN=C(N)N)C(=O)N[C@@H](CO)C(=O)N[C@@H](CO)C(=O)N[C@@H](CC(C)C)C(=O)N[C@@H](Cc1ccccc1)C(=O)O. The summed E-state index contributed by atoms with van der Waals surface area (Å²) in [4.78, 5) is 110. The van der Waals surface area contributed by atoms with Gasteiger partial charge in [-0.25, -0.2) is 4.79 Å². The van der Waals surface area contributed by atoms with Crippen molar-refractivity contribution in [1.82, 2.24) is 37.2 Å². The molecular weight excluding hydrogens is 887 g/mol. The molecule has 0 bridgehead atoms. The summed E-state index contributed by atoms with van der Waals surface area (Å²) in [6, 6.07) is -2.17. The van der Waals surface area contributed by atoms with Gasteiger partial charge < -0.3 is 69.7 Å². The van der Waals surface area contributed by atoms with Crippen LogP contribution in [0.4, 0.5) is 0 Å². The van der Waals surface area contributed by atoms with E-state index in [1.807, 2.05) is 6.26 Å². The summed E-state index contributed by atoms with van der Waals surface area (Å²) in [5, 5.41) is 47.3. The molecule has 0 aliphatic heterocycles. The van der Waals surface area contributed by atoms with Crippen LogP contribution in [0.15, 0.2) is 35.3 Å². The fourth-order valence-corrected chi connectivity index (χ4v) is 6.85. The zero-order chi connectivity index (χ0) is 49.2. The highest BCUT2D eigenvalue weighted by Crippen LogP contribution is 2.11. The van der Waals surface area contributed by atoms with Crippen LogP contribution in [0, 0.1) is 11.8 Å². The molecule has 16 N–H and O–H groups in total. The Morgan fingerprint density at radius 1 is 0.631 bits per heavy atom. The highest BCUT2D eigenvalue weighted by atomic mass is 32.2. The number of thioether (sulfide) groups is 1. The third kappa shape index (κ3) is 22.5. The lowest BCUT2D eigenvalue weighted by Crippen LogP contribution is -2.61. The largest absolute Gasteiger partial charge is 0.480 e. The first kappa shape index (κ1) is 57.8. The molecule has 0 saturated heterocycles. The fraction of sp³-hybridized carbons (Fsp3) is 0.634. The Morgan fingerprint density at radius 3 is 1.48 bits per heavy atom. The van der Waals surface area contributed by atoms with Gasteiger partial charge in [-0.15, -0.1) is 0 Å². The standard InChI is InChI=1S/C41H69N11O11S2/c1-22(2)16-27(48-39(61)32(21-64)52-33(55)25(42)13-15-65-5)35(57)46-26(12-9-14-45-41(43)44)34(56)50-31(20-54)38(60)51-30(19-53)37(59)47-28(17-23(3)4)36(58)49-29(40(62)63)18-24-10-7-6-8-11-24/h6-8,10-11,22-23,25-32,53-54,64H,9,12-21,42H2,1-5H3,(H,46,57)(H,47,59)(H,48,61)(H,49,58)(H,50,56)(H,51,60)(H,52,55)(H,62,63)(H4,43,44,45)/t25-,26-,27-,28-,29-,30-,31-,32-/m0/s1. The van der Waals surface area contributed by atoms with Gasteiger partial charge in [-0.3, -0.25) is 38.6 Å². The molecule has 1 rings (SSSR count). The summed E-state index contributed by atoms with van der Waals surface area (Å²) in [5.41, 5.74) is 17.5. The molecule has 0 saturated carbocycles. The van der Waals surface area contributed by atoms with Crippen LogP contribution in [0.3, 0.4) is 0 Å². The van der Waals surface area contributed by atoms with Crippen molar-refractivity contribution < 1.29 is 53.7 Å². The predicted octanol–water partition coefficient (Wildman–Crippen LogP) is -3.15. The number of guanidine groups is 1. The van der Waals surface area contributed by atoms with Crippen LogP contribution in [0.2, 0.25) is 0 Å². The Labute approximate surface area is 389 Å². The molecule has 0 fully saturated rings. The highest BCUT2D eigenvalue weighted by molar-refractivity contribution is 7.98. The maximum Gasteiger partial charge on any atom is 0.326 e. The topological polar surface area (TPSA) is 372 Å². The summed E-state index contributed by atoms with van der Waals surface area (Å²) >= 11 is 5.69. The van der Waals surface area contributed by atoms with Gasteiger partial charge in [0.15, 0.2) is 5.96 Å². The van der Waals surface area contributed by atoms with E-state index in [1.54, 1.807) is 58.0 Å². The van der Waals surface area contributed by atoms with Crippen molar-refractivity contribution in [2.24, 2.45) is 34.0 Å². The second kappa shape index (κ2) is 30.9. The smallest absolute Gasteiger partial charge is 0.326 e. The van der Waals surface area contributed by atoms with E-state index in [4.69, 9.17) is 17.2 Å². The number of rotatable bonds is 31. The van der Waals surface area contributed by atoms with E-state index in [2.05, 4.69) is 54.8 Å². The van der Waals surface area contributed by atoms with Gasteiger partial charge in [-0.2, -0.15) is 24.4 Å². The molecule has 0 heterocycles. The van der Waals surface area contributed by atoms with Gasteiger partial charge in [0.2, 0.25) is 41.4 Å². The lowest BCUT2D eigenvalue weighted by molar-refractivity contribution is -0.142. The van der Waals surface area contributed by atoms with E-state index in [1.165, 1.54) is 11.8 Å². The maximum absolute atomic E-state index is 13.8. The van der Waals surface area contributed by atoms with Crippen LogP contribution >= 0.6 is 24.4 Å². The third-order valence-corrected chi connectivity index (χ3v) is 10.6. The number of carbonyl (C=O) groups excluding carboxylic acids is 7. The molecule has 7 amide bonds. The molecule has 1 aromatic rings. The number of nitrogens with zero attached hydrogens (tertiary/aromatic N) is 1. The van der Waals surface area contributed by atoms with Crippen molar-refractivity contribution in [2.75, 3.05) is 37.5 Å². The van der Waals surface area contributed by atoms with Crippen LogP contribution in [0.25, 0.3) is 0 Å². The molecule has 0 aromatic heterocycles. The van der Waals surface area contributed by atoms with Crippen LogP contribution < -0.4 is 54.4 Å². The van der Waals surface area contributed by atoms with E-state index in [0.29, 0.717) is 17.7 Å². The van der Waals surface area contributed by atoms with Crippen molar-refractivity contribution in [3.8, 4) is 0 Å². The summed E-state index contributed by atoms with van der Waals surface area (Å²) in [7, 11) is 0. The molecule has 1 aromatic carbocycles. The van der Waals surface area contributed by atoms with Gasteiger partial charge in [0.1, 0.15) is 42.3 Å². The molecule has 22 nitrogen and oxygen atoms in total. The Morgan fingerprint density at radius 2 is 1.05 bits per heavy atom. The van der Waals surface area contributed by atoms with Gasteiger partial charge >= 0.3 is 5.97 Å². The van der Waals surface area contributed by atoms with E-state index in [9.17, 15) is 53.7 Å². The predicted molar refractivity (Wildman–Crippen MR) is 249 cm³/mol. The van der Waals surface area contributed by atoms with E-state index in [0.717, 1.165) is 0 Å². The third-order valence-electron chi connectivity index (χ3n) is 9.57.